The van der Waals surface area contributed by atoms with E-state index in [1.165, 1.54) is 31.4 Å². The van der Waals surface area contributed by atoms with Crippen LogP contribution in [0.15, 0.2) is 29.8 Å². The van der Waals surface area contributed by atoms with E-state index in [1.54, 1.807) is 5.57 Å². The third-order valence-corrected chi connectivity index (χ3v) is 4.91. The summed E-state index contributed by atoms with van der Waals surface area (Å²) >= 11 is 0. The Morgan fingerprint density at radius 2 is 2.00 bits per heavy atom. The predicted octanol–water partition coefficient (Wildman–Crippen LogP) is 4.26. The summed E-state index contributed by atoms with van der Waals surface area (Å²) in [7, 11) is 0. The van der Waals surface area contributed by atoms with E-state index in [1.807, 2.05) is 13.0 Å². The zero-order valence-corrected chi connectivity index (χ0v) is 16.0. The van der Waals surface area contributed by atoms with Crippen molar-refractivity contribution in [3.8, 4) is 0 Å². The first-order valence-electron chi connectivity index (χ1n) is 9.68. The number of nitrogens with one attached hydrogen (secondary N) is 2. The zero-order valence-electron chi connectivity index (χ0n) is 16.0. The number of rotatable bonds is 9. The van der Waals surface area contributed by atoms with Crippen molar-refractivity contribution in [3.63, 3.8) is 0 Å². The molecule has 0 aliphatic heterocycles. The molecule has 0 unspecified atom stereocenters. The first-order valence-corrected chi connectivity index (χ1v) is 9.68. The van der Waals surface area contributed by atoms with Crippen molar-refractivity contribution in [2.24, 2.45) is 0 Å². The van der Waals surface area contributed by atoms with E-state index in [4.69, 9.17) is 0 Å². The van der Waals surface area contributed by atoms with Gasteiger partial charge >= 0.3 is 0 Å². The van der Waals surface area contributed by atoms with E-state index in [-0.39, 0.29) is 5.91 Å². The molecule has 1 aromatic rings. The monoisotopic (exact) mass is 343 g/mol. The van der Waals surface area contributed by atoms with E-state index in [9.17, 15) is 4.79 Å². The first kappa shape index (κ1) is 19.5. The Balaban J connectivity index is 1.77. The van der Waals surface area contributed by atoms with Gasteiger partial charge in [0.25, 0.3) is 0 Å². The zero-order chi connectivity index (χ0) is 18.1. The molecular formula is C21H33N3O. The summed E-state index contributed by atoms with van der Waals surface area (Å²) in [5.74, 6) is 0.0244. The van der Waals surface area contributed by atoms with Crippen LogP contribution in [-0.2, 0) is 4.79 Å². The van der Waals surface area contributed by atoms with Gasteiger partial charge in [-0.05, 0) is 83.2 Å². The van der Waals surface area contributed by atoms with Crippen LogP contribution in [0.25, 0.3) is 0 Å². The van der Waals surface area contributed by atoms with E-state index in [2.05, 4.69) is 47.6 Å². The SMILES string of the molecule is CCN(CC)c1ccc(NC(=O)CNCCC2=CCCCC2)c(C)c1. The maximum Gasteiger partial charge on any atom is 0.238 e. The van der Waals surface area contributed by atoms with Crippen LogP contribution in [0, 0.1) is 6.92 Å². The number of carbonyl (C=O) groups is 1. The Labute approximate surface area is 152 Å². The van der Waals surface area contributed by atoms with E-state index in [0.29, 0.717) is 6.54 Å². The summed E-state index contributed by atoms with van der Waals surface area (Å²) < 4.78 is 0. The molecule has 0 saturated carbocycles. The highest BCUT2D eigenvalue weighted by Crippen LogP contribution is 2.22. The second-order valence-electron chi connectivity index (χ2n) is 6.75. The fraction of sp³-hybridized carbons (Fsp3) is 0.571. The normalized spacial score (nSPS) is 14.1. The Bertz CT molecular complexity index is 591. The number of hydrogen-bond acceptors (Lipinski definition) is 3. The van der Waals surface area contributed by atoms with Gasteiger partial charge in [-0.15, -0.1) is 0 Å². The van der Waals surface area contributed by atoms with Crippen molar-refractivity contribution >= 4 is 17.3 Å². The third kappa shape index (κ3) is 6.20. The number of nitrogens with zero attached hydrogens (tertiary/aromatic N) is 1. The second kappa shape index (κ2) is 10.2. The molecule has 25 heavy (non-hydrogen) atoms. The molecule has 0 heterocycles. The smallest absolute Gasteiger partial charge is 0.238 e. The molecule has 0 radical (unpaired) electrons. The van der Waals surface area contributed by atoms with Gasteiger partial charge in [0.05, 0.1) is 6.54 Å². The number of anilines is 2. The van der Waals surface area contributed by atoms with Crippen LogP contribution in [-0.4, -0.2) is 32.1 Å². The van der Waals surface area contributed by atoms with E-state index in [0.717, 1.165) is 37.3 Å². The second-order valence-corrected chi connectivity index (χ2v) is 6.75. The third-order valence-electron chi connectivity index (χ3n) is 4.91. The van der Waals surface area contributed by atoms with Gasteiger partial charge in [0.1, 0.15) is 0 Å². The Hall–Kier alpha value is -1.81. The topological polar surface area (TPSA) is 44.4 Å². The molecule has 2 rings (SSSR count). The van der Waals surface area contributed by atoms with Gasteiger partial charge in [0.15, 0.2) is 0 Å². The highest BCUT2D eigenvalue weighted by atomic mass is 16.1. The largest absolute Gasteiger partial charge is 0.372 e. The summed E-state index contributed by atoms with van der Waals surface area (Å²) in [5, 5.41) is 6.28. The predicted molar refractivity (Wildman–Crippen MR) is 107 cm³/mol. The summed E-state index contributed by atoms with van der Waals surface area (Å²) in [4.78, 5) is 14.5. The van der Waals surface area contributed by atoms with Gasteiger partial charge in [-0.1, -0.05) is 11.6 Å². The number of amides is 1. The first-order chi connectivity index (χ1) is 12.1. The number of carbonyl (C=O) groups excluding carboxylic acids is 1. The Morgan fingerprint density at radius 3 is 2.64 bits per heavy atom. The van der Waals surface area contributed by atoms with Crippen molar-refractivity contribution in [1.82, 2.24) is 5.32 Å². The molecule has 1 amide bonds. The lowest BCUT2D eigenvalue weighted by Gasteiger charge is -2.22. The van der Waals surface area contributed by atoms with Gasteiger partial charge < -0.3 is 15.5 Å². The minimum absolute atomic E-state index is 0.0244. The van der Waals surface area contributed by atoms with Crippen molar-refractivity contribution < 1.29 is 4.79 Å². The molecule has 0 spiro atoms. The molecule has 0 bridgehead atoms. The molecule has 138 valence electrons. The van der Waals surface area contributed by atoms with Crippen LogP contribution in [0.3, 0.4) is 0 Å². The summed E-state index contributed by atoms with van der Waals surface area (Å²) in [6.45, 7) is 9.58. The average Bonchev–Trinajstić information content (AvgIpc) is 2.63. The van der Waals surface area contributed by atoms with Crippen LogP contribution in [0.4, 0.5) is 11.4 Å². The molecule has 0 fully saturated rings. The van der Waals surface area contributed by atoms with Gasteiger partial charge in [0.2, 0.25) is 5.91 Å². The van der Waals surface area contributed by atoms with Gasteiger partial charge in [-0.3, -0.25) is 4.79 Å². The molecule has 1 aliphatic carbocycles. The molecule has 4 heteroatoms. The van der Waals surface area contributed by atoms with Crippen molar-refractivity contribution in [3.05, 3.63) is 35.4 Å². The minimum Gasteiger partial charge on any atom is -0.372 e. The molecule has 1 aliphatic rings. The molecular weight excluding hydrogens is 310 g/mol. The average molecular weight is 344 g/mol. The van der Waals surface area contributed by atoms with Crippen LogP contribution < -0.4 is 15.5 Å². The highest BCUT2D eigenvalue weighted by Gasteiger charge is 2.08. The quantitative estimate of drug-likeness (QED) is 0.520. The molecule has 4 nitrogen and oxygen atoms in total. The maximum atomic E-state index is 12.1. The fourth-order valence-corrected chi connectivity index (χ4v) is 3.35. The number of allylic oxidation sites excluding steroid dienone is 1. The highest BCUT2D eigenvalue weighted by molar-refractivity contribution is 5.93. The van der Waals surface area contributed by atoms with Gasteiger partial charge in [-0.25, -0.2) is 0 Å². The maximum absolute atomic E-state index is 12.1. The van der Waals surface area contributed by atoms with Crippen LogP contribution in [0.5, 0.6) is 0 Å². The molecule has 2 N–H and O–H groups in total. The van der Waals surface area contributed by atoms with Gasteiger partial charge in [-0.2, -0.15) is 0 Å². The number of benzene rings is 1. The summed E-state index contributed by atoms with van der Waals surface area (Å²) in [5.41, 5.74) is 4.75. The van der Waals surface area contributed by atoms with Crippen molar-refractivity contribution in [2.45, 2.75) is 52.9 Å². The van der Waals surface area contributed by atoms with E-state index >= 15 is 0 Å². The van der Waals surface area contributed by atoms with Crippen molar-refractivity contribution in [2.75, 3.05) is 36.4 Å². The van der Waals surface area contributed by atoms with Crippen molar-refractivity contribution in [1.29, 1.82) is 0 Å². The summed E-state index contributed by atoms with van der Waals surface area (Å²) in [6.07, 6.45) is 8.52. The standard InChI is InChI=1S/C21H33N3O/c1-4-24(5-2)19-11-12-20(17(3)15-19)23-21(25)16-22-14-13-18-9-7-6-8-10-18/h9,11-12,15,22H,4-8,10,13-14,16H2,1-3H3,(H,23,25). The lowest BCUT2D eigenvalue weighted by Crippen LogP contribution is -2.29. The molecule has 0 aromatic heterocycles. The minimum atomic E-state index is 0.0244. The Morgan fingerprint density at radius 1 is 1.20 bits per heavy atom. The van der Waals surface area contributed by atoms with Gasteiger partial charge in [0, 0.05) is 24.5 Å². The lowest BCUT2D eigenvalue weighted by molar-refractivity contribution is -0.115. The van der Waals surface area contributed by atoms with Crippen LogP contribution in [0.2, 0.25) is 0 Å². The number of hydrogen-bond donors (Lipinski definition) is 2. The molecule has 0 saturated heterocycles. The van der Waals surface area contributed by atoms with Crippen LogP contribution >= 0.6 is 0 Å². The molecule has 0 atom stereocenters. The summed E-state index contributed by atoms with van der Waals surface area (Å²) in [6, 6.07) is 6.23. The fourth-order valence-electron chi connectivity index (χ4n) is 3.35. The van der Waals surface area contributed by atoms with E-state index < -0.39 is 0 Å². The Kier molecular flexibility index (Phi) is 7.99. The van der Waals surface area contributed by atoms with Crippen LogP contribution in [0.1, 0.15) is 51.5 Å². The molecule has 1 aromatic carbocycles. The number of aryl methyl sites for hydroxylation is 1. The lowest BCUT2D eigenvalue weighted by atomic mass is 9.97.